The number of hydrogen-bond acceptors (Lipinski definition) is 5. The average Bonchev–Trinajstić information content (AvgIpc) is 3.38. The van der Waals surface area contributed by atoms with Crippen molar-refractivity contribution in [2.75, 3.05) is 18.4 Å². The molecule has 0 aromatic carbocycles. The summed E-state index contributed by atoms with van der Waals surface area (Å²) in [7, 11) is 0. The van der Waals surface area contributed by atoms with E-state index in [0.717, 1.165) is 53.5 Å². The molecule has 28 heavy (non-hydrogen) atoms. The van der Waals surface area contributed by atoms with E-state index in [0.29, 0.717) is 6.04 Å². The van der Waals surface area contributed by atoms with Crippen LogP contribution in [0.4, 0.5) is 5.82 Å². The number of nitrogens with one attached hydrogen (secondary N) is 2. The highest BCUT2D eigenvalue weighted by atomic mass is 15.1. The molecule has 1 fully saturated rings. The number of imidazole rings is 1. The molecule has 4 aromatic rings. The fraction of sp³-hybridized carbons (Fsp3) is 0.227. The summed E-state index contributed by atoms with van der Waals surface area (Å²) < 4.78 is 2.11. The van der Waals surface area contributed by atoms with Crippen molar-refractivity contribution in [1.29, 1.82) is 0 Å². The lowest BCUT2D eigenvalue weighted by Crippen LogP contribution is -2.22. The van der Waals surface area contributed by atoms with E-state index in [-0.39, 0.29) is 0 Å². The number of pyridine rings is 3. The van der Waals surface area contributed by atoms with Gasteiger partial charge in [0.05, 0.1) is 17.6 Å². The van der Waals surface area contributed by atoms with Crippen molar-refractivity contribution < 1.29 is 0 Å². The first-order valence-electron chi connectivity index (χ1n) is 9.61. The number of rotatable bonds is 4. The van der Waals surface area contributed by atoms with Gasteiger partial charge < -0.3 is 10.6 Å². The van der Waals surface area contributed by atoms with Crippen LogP contribution in [0.5, 0.6) is 0 Å². The molecule has 4 aromatic heterocycles. The smallest absolute Gasteiger partial charge is 0.137 e. The zero-order valence-electron chi connectivity index (χ0n) is 15.8. The zero-order chi connectivity index (χ0) is 18.9. The van der Waals surface area contributed by atoms with Gasteiger partial charge in [-0.25, -0.2) is 9.97 Å². The van der Waals surface area contributed by atoms with Crippen LogP contribution in [-0.4, -0.2) is 38.5 Å². The van der Waals surface area contributed by atoms with Gasteiger partial charge in [-0.15, -0.1) is 0 Å². The fourth-order valence-electron chi connectivity index (χ4n) is 3.78. The number of hydrogen-bond donors (Lipinski definition) is 2. The Labute approximate surface area is 163 Å². The predicted molar refractivity (Wildman–Crippen MR) is 111 cm³/mol. The van der Waals surface area contributed by atoms with Crippen LogP contribution in [-0.2, 0) is 0 Å². The topological polar surface area (TPSA) is 67.1 Å². The minimum atomic E-state index is 0.435. The first kappa shape index (κ1) is 16.9. The van der Waals surface area contributed by atoms with Crippen LogP contribution in [0, 0.1) is 6.92 Å². The van der Waals surface area contributed by atoms with Crippen LogP contribution < -0.4 is 10.6 Å². The second-order valence-corrected chi connectivity index (χ2v) is 7.23. The predicted octanol–water partition coefficient (Wildman–Crippen LogP) is 3.54. The highest BCUT2D eigenvalue weighted by Crippen LogP contribution is 2.27. The number of nitrogens with zero attached hydrogens (tertiary/aromatic N) is 4. The second-order valence-electron chi connectivity index (χ2n) is 7.23. The van der Waals surface area contributed by atoms with Crippen LogP contribution in [0.1, 0.15) is 12.0 Å². The molecule has 2 N–H and O–H groups in total. The first-order valence-corrected chi connectivity index (χ1v) is 9.61. The summed E-state index contributed by atoms with van der Waals surface area (Å²) in [6.45, 7) is 4.14. The molecule has 0 aliphatic carbocycles. The summed E-state index contributed by atoms with van der Waals surface area (Å²) in [5.41, 5.74) is 6.22. The van der Waals surface area contributed by atoms with Crippen molar-refractivity contribution in [2.24, 2.45) is 0 Å². The standard InChI is InChI=1S/C22H22N6/c1-15-10-22-25-13-20(28(22)14-18(15)16-4-3-8-23-11-16)19-5-2-6-21(27-19)26-17-7-9-24-12-17/h2-6,8,10-11,13-14,17,24H,7,9,12H2,1H3,(H,26,27). The van der Waals surface area contributed by atoms with Crippen LogP contribution >= 0.6 is 0 Å². The maximum Gasteiger partial charge on any atom is 0.137 e. The van der Waals surface area contributed by atoms with E-state index in [1.54, 1.807) is 6.20 Å². The van der Waals surface area contributed by atoms with Gasteiger partial charge in [-0.3, -0.25) is 9.38 Å². The third-order valence-corrected chi connectivity index (χ3v) is 5.25. The maximum absolute atomic E-state index is 4.84. The van der Waals surface area contributed by atoms with E-state index in [1.165, 1.54) is 5.56 Å². The van der Waals surface area contributed by atoms with Gasteiger partial charge in [0.1, 0.15) is 11.5 Å². The molecule has 0 bridgehead atoms. The Morgan fingerprint density at radius 1 is 1.18 bits per heavy atom. The summed E-state index contributed by atoms with van der Waals surface area (Å²) in [6.07, 6.45) is 8.83. The van der Waals surface area contributed by atoms with E-state index < -0.39 is 0 Å². The van der Waals surface area contributed by atoms with Crippen molar-refractivity contribution in [3.63, 3.8) is 0 Å². The molecule has 0 amide bonds. The van der Waals surface area contributed by atoms with Gasteiger partial charge >= 0.3 is 0 Å². The largest absolute Gasteiger partial charge is 0.366 e. The van der Waals surface area contributed by atoms with E-state index in [1.807, 2.05) is 36.7 Å². The van der Waals surface area contributed by atoms with Gasteiger partial charge in [-0.1, -0.05) is 12.1 Å². The lowest BCUT2D eigenvalue weighted by molar-refractivity contribution is 0.788. The summed E-state index contributed by atoms with van der Waals surface area (Å²) in [5.74, 6) is 0.903. The van der Waals surface area contributed by atoms with Gasteiger partial charge in [0, 0.05) is 42.3 Å². The average molecular weight is 370 g/mol. The molecule has 0 spiro atoms. The molecule has 140 valence electrons. The third-order valence-electron chi connectivity index (χ3n) is 5.25. The summed E-state index contributed by atoms with van der Waals surface area (Å²) in [6, 6.07) is 12.7. The molecule has 1 atom stereocenters. The quantitative estimate of drug-likeness (QED) is 0.575. The summed E-state index contributed by atoms with van der Waals surface area (Å²) in [5, 5.41) is 6.90. The molecule has 6 nitrogen and oxygen atoms in total. The Kier molecular flexibility index (Phi) is 4.25. The van der Waals surface area contributed by atoms with Gasteiger partial charge in [0.2, 0.25) is 0 Å². The van der Waals surface area contributed by atoms with E-state index in [4.69, 9.17) is 4.98 Å². The van der Waals surface area contributed by atoms with E-state index in [9.17, 15) is 0 Å². The molecule has 1 aliphatic heterocycles. The van der Waals surface area contributed by atoms with E-state index in [2.05, 4.69) is 50.3 Å². The lowest BCUT2D eigenvalue weighted by Gasteiger charge is -2.13. The monoisotopic (exact) mass is 370 g/mol. The lowest BCUT2D eigenvalue weighted by atomic mass is 10.0. The Balaban J connectivity index is 1.56. The van der Waals surface area contributed by atoms with Crippen molar-refractivity contribution in [3.8, 4) is 22.5 Å². The molecular formula is C22H22N6. The maximum atomic E-state index is 4.84. The van der Waals surface area contributed by atoms with Gasteiger partial charge in [0.25, 0.3) is 0 Å². The minimum Gasteiger partial charge on any atom is -0.366 e. The third kappa shape index (κ3) is 3.12. The number of anilines is 1. The summed E-state index contributed by atoms with van der Waals surface area (Å²) >= 11 is 0. The Hall–Kier alpha value is -3.25. The molecule has 6 heteroatoms. The molecule has 1 unspecified atom stereocenters. The van der Waals surface area contributed by atoms with Crippen molar-refractivity contribution in [3.05, 3.63) is 66.7 Å². The normalized spacial score (nSPS) is 16.5. The second kappa shape index (κ2) is 7.05. The minimum absolute atomic E-state index is 0.435. The number of fused-ring (bicyclic) bond motifs is 1. The molecular weight excluding hydrogens is 348 g/mol. The number of aryl methyl sites for hydroxylation is 1. The SMILES string of the molecule is Cc1cc2ncc(-c3cccc(NC4CCNC4)n3)n2cc1-c1cccnc1. The summed E-state index contributed by atoms with van der Waals surface area (Å²) in [4.78, 5) is 13.7. The molecule has 0 radical (unpaired) electrons. The molecule has 5 heterocycles. The number of aromatic nitrogens is 4. The van der Waals surface area contributed by atoms with Gasteiger partial charge in [-0.2, -0.15) is 0 Å². The Morgan fingerprint density at radius 2 is 2.14 bits per heavy atom. The van der Waals surface area contributed by atoms with Crippen LogP contribution in [0.2, 0.25) is 0 Å². The van der Waals surface area contributed by atoms with Crippen molar-refractivity contribution in [2.45, 2.75) is 19.4 Å². The van der Waals surface area contributed by atoms with Crippen LogP contribution in [0.15, 0.2) is 61.2 Å². The van der Waals surface area contributed by atoms with Crippen molar-refractivity contribution >= 4 is 11.5 Å². The Bertz CT molecular complexity index is 1110. The van der Waals surface area contributed by atoms with Crippen LogP contribution in [0.3, 0.4) is 0 Å². The van der Waals surface area contributed by atoms with Crippen molar-refractivity contribution in [1.82, 2.24) is 24.7 Å². The van der Waals surface area contributed by atoms with E-state index >= 15 is 0 Å². The molecule has 5 rings (SSSR count). The van der Waals surface area contributed by atoms with Gasteiger partial charge in [0.15, 0.2) is 0 Å². The zero-order valence-corrected chi connectivity index (χ0v) is 15.8. The highest BCUT2D eigenvalue weighted by Gasteiger charge is 2.15. The van der Waals surface area contributed by atoms with Crippen LogP contribution in [0.25, 0.3) is 28.2 Å². The molecule has 1 aliphatic rings. The molecule has 0 saturated carbocycles. The molecule has 1 saturated heterocycles. The van der Waals surface area contributed by atoms with Gasteiger partial charge in [-0.05, 0) is 49.7 Å². The fourth-order valence-corrected chi connectivity index (χ4v) is 3.78. The Morgan fingerprint density at radius 3 is 2.96 bits per heavy atom. The first-order chi connectivity index (χ1) is 13.8. The highest BCUT2D eigenvalue weighted by molar-refractivity contribution is 5.71.